The maximum absolute atomic E-state index is 11.5. The molecule has 0 aliphatic heterocycles. The van der Waals surface area contributed by atoms with E-state index in [9.17, 15) is 9.59 Å². The smallest absolute Gasteiger partial charge is 0.324 e. The van der Waals surface area contributed by atoms with Gasteiger partial charge in [0.2, 0.25) is 5.91 Å². The van der Waals surface area contributed by atoms with Gasteiger partial charge in [0.15, 0.2) is 0 Å². The Morgan fingerprint density at radius 2 is 1.80 bits per heavy atom. The van der Waals surface area contributed by atoms with Gasteiger partial charge >= 0.3 is 6.03 Å². The second-order valence-corrected chi connectivity index (χ2v) is 3.18. The predicted molar refractivity (Wildman–Crippen MR) is 55.9 cm³/mol. The third-order valence-electron chi connectivity index (χ3n) is 1.76. The number of nitriles is 1. The molecule has 0 aliphatic carbocycles. The van der Waals surface area contributed by atoms with Gasteiger partial charge in [-0.15, -0.1) is 0 Å². The minimum Gasteiger partial charge on any atom is -0.324 e. The Morgan fingerprint density at radius 3 is 2.20 bits per heavy atom. The largest absolute Gasteiger partial charge is 0.324 e. The fourth-order valence-corrected chi connectivity index (χ4v) is 1.17. The summed E-state index contributed by atoms with van der Waals surface area (Å²) in [5.41, 5.74) is 0. The Bertz CT molecular complexity index is 252. The average molecular weight is 211 g/mol. The van der Waals surface area contributed by atoms with Gasteiger partial charge in [0, 0.05) is 13.1 Å². The Hall–Kier alpha value is -1.57. The number of imide groups is 1. The van der Waals surface area contributed by atoms with Gasteiger partial charge in [0.1, 0.15) is 6.42 Å². The Kier molecular flexibility index (Phi) is 6.98. The zero-order valence-corrected chi connectivity index (χ0v) is 9.25. The van der Waals surface area contributed by atoms with Crippen LogP contribution in [0.15, 0.2) is 0 Å². The van der Waals surface area contributed by atoms with Crippen LogP contribution in [0, 0.1) is 11.3 Å². The first kappa shape index (κ1) is 13.4. The Labute approximate surface area is 90.0 Å². The van der Waals surface area contributed by atoms with Gasteiger partial charge in [-0.2, -0.15) is 5.26 Å². The van der Waals surface area contributed by atoms with E-state index in [4.69, 9.17) is 5.26 Å². The molecule has 0 rings (SSSR count). The molecule has 0 saturated heterocycles. The first-order valence-electron chi connectivity index (χ1n) is 5.11. The quantitative estimate of drug-likeness (QED) is 0.744. The number of amides is 3. The van der Waals surface area contributed by atoms with Crippen molar-refractivity contribution in [2.45, 2.75) is 33.1 Å². The summed E-state index contributed by atoms with van der Waals surface area (Å²) in [4.78, 5) is 24.1. The molecule has 0 spiro atoms. The first-order valence-corrected chi connectivity index (χ1v) is 5.11. The van der Waals surface area contributed by atoms with Crippen LogP contribution in [0.5, 0.6) is 0 Å². The summed E-state index contributed by atoms with van der Waals surface area (Å²) in [6, 6.07) is 1.29. The second kappa shape index (κ2) is 7.80. The molecule has 5 heteroatoms. The van der Waals surface area contributed by atoms with E-state index in [2.05, 4.69) is 5.32 Å². The number of hydrogen-bond acceptors (Lipinski definition) is 3. The lowest BCUT2D eigenvalue weighted by atomic mass is 10.3. The molecule has 0 bridgehead atoms. The fourth-order valence-electron chi connectivity index (χ4n) is 1.17. The van der Waals surface area contributed by atoms with Crippen LogP contribution in [0.25, 0.3) is 0 Å². The van der Waals surface area contributed by atoms with E-state index in [-0.39, 0.29) is 6.42 Å². The summed E-state index contributed by atoms with van der Waals surface area (Å²) in [5, 5.41) is 10.4. The molecule has 0 aromatic carbocycles. The van der Waals surface area contributed by atoms with Crippen molar-refractivity contribution in [3.8, 4) is 6.07 Å². The van der Waals surface area contributed by atoms with Crippen LogP contribution in [0.3, 0.4) is 0 Å². The van der Waals surface area contributed by atoms with Crippen molar-refractivity contribution in [1.29, 1.82) is 5.26 Å². The van der Waals surface area contributed by atoms with Crippen molar-refractivity contribution in [3.63, 3.8) is 0 Å². The molecule has 0 fully saturated rings. The van der Waals surface area contributed by atoms with Gasteiger partial charge in [-0.05, 0) is 12.8 Å². The lowest BCUT2D eigenvalue weighted by Crippen LogP contribution is -2.43. The molecule has 0 atom stereocenters. The van der Waals surface area contributed by atoms with Crippen molar-refractivity contribution in [3.05, 3.63) is 0 Å². The predicted octanol–water partition coefficient (Wildman–Crippen LogP) is 1.26. The van der Waals surface area contributed by atoms with Gasteiger partial charge in [-0.25, -0.2) is 4.79 Å². The fraction of sp³-hybridized carbons (Fsp3) is 0.700. The summed E-state index contributed by atoms with van der Waals surface area (Å²) in [5.74, 6) is -0.542. The Morgan fingerprint density at radius 1 is 1.27 bits per heavy atom. The standard InChI is InChI=1S/C10H17N3O2/c1-3-7-13(8-4-2)10(15)12-9(14)5-6-11/h3-5,7-8H2,1-2H3,(H,12,14,15). The molecule has 15 heavy (non-hydrogen) atoms. The van der Waals surface area contributed by atoms with Crippen molar-refractivity contribution in [2.24, 2.45) is 0 Å². The molecule has 0 saturated carbocycles. The number of nitrogens with zero attached hydrogens (tertiary/aromatic N) is 2. The van der Waals surface area contributed by atoms with Crippen LogP contribution in [0.2, 0.25) is 0 Å². The molecule has 84 valence electrons. The van der Waals surface area contributed by atoms with Crippen LogP contribution in [-0.4, -0.2) is 29.9 Å². The summed E-state index contributed by atoms with van der Waals surface area (Å²) in [6.45, 7) is 5.18. The van der Waals surface area contributed by atoms with Crippen molar-refractivity contribution >= 4 is 11.9 Å². The monoisotopic (exact) mass is 211 g/mol. The average Bonchev–Trinajstić information content (AvgIpc) is 2.17. The van der Waals surface area contributed by atoms with Crippen molar-refractivity contribution in [2.75, 3.05) is 13.1 Å². The highest BCUT2D eigenvalue weighted by Gasteiger charge is 2.13. The maximum Gasteiger partial charge on any atom is 0.324 e. The van der Waals surface area contributed by atoms with E-state index in [0.717, 1.165) is 12.8 Å². The van der Waals surface area contributed by atoms with E-state index in [1.807, 2.05) is 13.8 Å². The number of nitrogens with one attached hydrogen (secondary N) is 1. The number of rotatable bonds is 5. The molecule has 0 aromatic rings. The van der Waals surface area contributed by atoms with E-state index < -0.39 is 11.9 Å². The van der Waals surface area contributed by atoms with E-state index in [1.165, 1.54) is 0 Å². The molecule has 0 heterocycles. The SMILES string of the molecule is CCCN(CCC)C(=O)NC(=O)CC#N. The number of carbonyl (C=O) groups excluding carboxylic acids is 2. The molecular formula is C10H17N3O2. The van der Waals surface area contributed by atoms with Gasteiger partial charge < -0.3 is 4.90 Å². The van der Waals surface area contributed by atoms with E-state index in [0.29, 0.717) is 13.1 Å². The lowest BCUT2D eigenvalue weighted by molar-refractivity contribution is -0.119. The highest BCUT2D eigenvalue weighted by atomic mass is 16.2. The van der Waals surface area contributed by atoms with E-state index in [1.54, 1.807) is 11.0 Å². The normalized spacial score (nSPS) is 9.13. The highest BCUT2D eigenvalue weighted by molar-refractivity contribution is 5.95. The Balaban J connectivity index is 4.13. The van der Waals surface area contributed by atoms with Crippen molar-refractivity contribution < 1.29 is 9.59 Å². The van der Waals surface area contributed by atoms with Gasteiger partial charge in [0.05, 0.1) is 6.07 Å². The molecule has 0 radical (unpaired) electrons. The maximum atomic E-state index is 11.5. The first-order chi connectivity index (χ1) is 7.15. The van der Waals surface area contributed by atoms with Gasteiger partial charge in [0.25, 0.3) is 0 Å². The molecule has 3 amide bonds. The molecule has 1 N–H and O–H groups in total. The lowest BCUT2D eigenvalue weighted by Gasteiger charge is -2.20. The number of hydrogen-bond donors (Lipinski definition) is 1. The van der Waals surface area contributed by atoms with Crippen LogP contribution < -0.4 is 5.32 Å². The van der Waals surface area contributed by atoms with Crippen LogP contribution in [0.1, 0.15) is 33.1 Å². The van der Waals surface area contributed by atoms with Crippen molar-refractivity contribution in [1.82, 2.24) is 10.2 Å². The highest BCUT2D eigenvalue weighted by Crippen LogP contribution is 1.95. The van der Waals surface area contributed by atoms with Gasteiger partial charge in [-0.1, -0.05) is 13.8 Å². The van der Waals surface area contributed by atoms with E-state index >= 15 is 0 Å². The van der Waals surface area contributed by atoms with Crippen LogP contribution in [0.4, 0.5) is 4.79 Å². The molecule has 5 nitrogen and oxygen atoms in total. The molecule has 0 aliphatic rings. The van der Waals surface area contributed by atoms with Crippen LogP contribution in [-0.2, 0) is 4.79 Å². The summed E-state index contributed by atoms with van der Waals surface area (Å²) < 4.78 is 0. The number of urea groups is 1. The zero-order chi connectivity index (χ0) is 11.7. The zero-order valence-electron chi connectivity index (χ0n) is 9.25. The van der Waals surface area contributed by atoms with Crippen LogP contribution >= 0.6 is 0 Å². The second-order valence-electron chi connectivity index (χ2n) is 3.18. The molecular weight excluding hydrogens is 194 g/mol. The number of carbonyl (C=O) groups is 2. The minimum absolute atomic E-state index is 0.280. The molecule has 0 unspecified atom stereocenters. The topological polar surface area (TPSA) is 73.2 Å². The summed E-state index contributed by atoms with van der Waals surface area (Å²) >= 11 is 0. The van der Waals surface area contributed by atoms with Gasteiger partial charge in [-0.3, -0.25) is 10.1 Å². The summed E-state index contributed by atoms with van der Waals surface area (Å²) in [7, 11) is 0. The third kappa shape index (κ3) is 5.68. The summed E-state index contributed by atoms with van der Waals surface area (Å²) in [6.07, 6.45) is 1.41. The third-order valence-corrected chi connectivity index (χ3v) is 1.76. The molecule has 0 aromatic heterocycles. The minimum atomic E-state index is -0.542.